The molecule has 1 fully saturated rings. The van der Waals surface area contributed by atoms with Gasteiger partial charge in [0, 0.05) is 18.9 Å². The smallest absolute Gasteiger partial charge is 0.407 e. The Morgan fingerprint density at radius 1 is 1.06 bits per heavy atom. The highest BCUT2D eigenvalue weighted by Gasteiger charge is 2.30. The summed E-state index contributed by atoms with van der Waals surface area (Å²) in [4.78, 5) is 36.8. The van der Waals surface area contributed by atoms with E-state index in [0.717, 1.165) is 36.8 Å². The lowest BCUT2D eigenvalue weighted by atomic mass is 9.81. The van der Waals surface area contributed by atoms with E-state index < -0.39 is 23.7 Å². The fourth-order valence-electron chi connectivity index (χ4n) is 3.76. The van der Waals surface area contributed by atoms with Gasteiger partial charge in [0.2, 0.25) is 5.91 Å². The van der Waals surface area contributed by atoms with Crippen LogP contribution in [0.2, 0.25) is 0 Å². The van der Waals surface area contributed by atoms with E-state index in [0.29, 0.717) is 18.9 Å². The van der Waals surface area contributed by atoms with Gasteiger partial charge in [0.25, 0.3) is 0 Å². The molecule has 0 spiro atoms. The van der Waals surface area contributed by atoms with E-state index in [1.807, 2.05) is 52.0 Å². The zero-order valence-electron chi connectivity index (χ0n) is 19.3. The number of ether oxygens (including phenoxy) is 2. The lowest BCUT2D eigenvalue weighted by Gasteiger charge is -2.29. The molecule has 7 heteroatoms. The van der Waals surface area contributed by atoms with Crippen molar-refractivity contribution in [3.63, 3.8) is 0 Å². The van der Waals surface area contributed by atoms with Crippen LogP contribution < -0.4 is 10.6 Å². The van der Waals surface area contributed by atoms with Crippen LogP contribution in [0, 0.1) is 18.8 Å². The summed E-state index contributed by atoms with van der Waals surface area (Å²) in [6, 6.07) is 7.18. The van der Waals surface area contributed by atoms with Crippen LogP contribution in [-0.4, -0.2) is 43.3 Å². The van der Waals surface area contributed by atoms with Crippen molar-refractivity contribution in [2.24, 2.45) is 11.8 Å². The second kappa shape index (κ2) is 11.2. The van der Waals surface area contributed by atoms with Crippen molar-refractivity contribution < 1.29 is 23.9 Å². The SMILES string of the molecule is COC(=O)[C@H](Cc1ccc(C)cc1)NC(=O)C1CCC(CNC(=O)OC(C)(C)C)CC1. The number of rotatable bonds is 7. The first-order valence-corrected chi connectivity index (χ1v) is 11.0. The van der Waals surface area contributed by atoms with E-state index in [9.17, 15) is 14.4 Å². The Bertz CT molecular complexity index is 746. The van der Waals surface area contributed by atoms with Crippen molar-refractivity contribution in [2.45, 2.75) is 71.4 Å². The molecule has 1 aromatic rings. The molecule has 0 saturated heterocycles. The second-order valence-electron chi connectivity index (χ2n) is 9.37. The van der Waals surface area contributed by atoms with Crippen LogP contribution in [0.25, 0.3) is 0 Å². The second-order valence-corrected chi connectivity index (χ2v) is 9.37. The van der Waals surface area contributed by atoms with E-state index in [4.69, 9.17) is 9.47 Å². The molecule has 0 unspecified atom stereocenters. The number of hydrogen-bond donors (Lipinski definition) is 2. The van der Waals surface area contributed by atoms with Crippen LogP contribution in [0.15, 0.2) is 24.3 Å². The summed E-state index contributed by atoms with van der Waals surface area (Å²) in [7, 11) is 1.33. The number of carbonyl (C=O) groups is 3. The minimum atomic E-state index is -0.702. The first-order valence-electron chi connectivity index (χ1n) is 11.0. The number of esters is 1. The fraction of sp³-hybridized carbons (Fsp3) is 0.625. The molecule has 1 aromatic carbocycles. The molecule has 2 amide bonds. The van der Waals surface area contributed by atoms with Crippen molar-refractivity contribution in [1.82, 2.24) is 10.6 Å². The maximum atomic E-state index is 12.8. The first-order chi connectivity index (χ1) is 14.6. The molecule has 2 rings (SSSR count). The molecule has 0 radical (unpaired) electrons. The first kappa shape index (κ1) is 24.7. The monoisotopic (exact) mass is 432 g/mol. The average Bonchev–Trinajstić information content (AvgIpc) is 2.71. The molecular weight excluding hydrogens is 396 g/mol. The van der Waals surface area contributed by atoms with Crippen molar-refractivity contribution in [2.75, 3.05) is 13.7 Å². The number of aryl methyl sites for hydroxylation is 1. The predicted molar refractivity (Wildman–Crippen MR) is 119 cm³/mol. The van der Waals surface area contributed by atoms with Crippen LogP contribution in [0.1, 0.15) is 57.6 Å². The van der Waals surface area contributed by atoms with Crippen LogP contribution in [-0.2, 0) is 25.5 Å². The standard InChI is InChI=1S/C24H36N2O5/c1-16-6-8-17(9-7-16)14-20(22(28)30-5)26-21(27)19-12-10-18(11-13-19)15-25-23(29)31-24(2,3)4/h6-9,18-20H,10-15H2,1-5H3,(H,25,29)(H,26,27)/t18?,19?,20-/m0/s1. The van der Waals surface area contributed by atoms with E-state index >= 15 is 0 Å². The molecule has 7 nitrogen and oxygen atoms in total. The molecule has 1 saturated carbocycles. The maximum absolute atomic E-state index is 12.8. The van der Waals surface area contributed by atoms with E-state index in [-0.39, 0.29) is 11.8 Å². The van der Waals surface area contributed by atoms with E-state index in [1.54, 1.807) is 0 Å². The van der Waals surface area contributed by atoms with Crippen molar-refractivity contribution in [3.05, 3.63) is 35.4 Å². The largest absolute Gasteiger partial charge is 0.467 e. The molecular formula is C24H36N2O5. The maximum Gasteiger partial charge on any atom is 0.407 e. The molecule has 0 heterocycles. The number of alkyl carbamates (subject to hydrolysis) is 1. The van der Waals surface area contributed by atoms with E-state index in [1.165, 1.54) is 7.11 Å². The Morgan fingerprint density at radius 2 is 1.68 bits per heavy atom. The predicted octanol–water partition coefficient (Wildman–Crippen LogP) is 3.53. The summed E-state index contributed by atoms with van der Waals surface area (Å²) in [5, 5.41) is 5.70. The highest BCUT2D eigenvalue weighted by atomic mass is 16.6. The van der Waals surface area contributed by atoms with Gasteiger partial charge in [-0.15, -0.1) is 0 Å². The van der Waals surface area contributed by atoms with Crippen molar-refractivity contribution in [3.8, 4) is 0 Å². The summed E-state index contributed by atoms with van der Waals surface area (Å²) in [5.74, 6) is -0.367. The molecule has 0 aliphatic heterocycles. The highest BCUT2D eigenvalue weighted by Crippen LogP contribution is 2.29. The number of amides is 2. The van der Waals surface area contributed by atoms with E-state index in [2.05, 4.69) is 10.6 Å². The van der Waals surface area contributed by atoms with Gasteiger partial charge in [-0.2, -0.15) is 0 Å². The summed E-state index contributed by atoms with van der Waals surface area (Å²) < 4.78 is 10.2. The average molecular weight is 433 g/mol. The molecule has 0 aromatic heterocycles. The van der Waals surface area contributed by atoms with Gasteiger partial charge in [-0.3, -0.25) is 4.79 Å². The molecule has 1 aliphatic carbocycles. The summed E-state index contributed by atoms with van der Waals surface area (Å²) in [6.45, 7) is 8.04. The van der Waals surface area contributed by atoms with Gasteiger partial charge in [-0.1, -0.05) is 29.8 Å². The number of carbonyl (C=O) groups excluding carboxylic acids is 3. The Morgan fingerprint density at radius 3 is 2.23 bits per heavy atom. The van der Waals surface area contributed by atoms with Crippen LogP contribution in [0.5, 0.6) is 0 Å². The van der Waals surface area contributed by atoms with Crippen LogP contribution >= 0.6 is 0 Å². The third-order valence-electron chi connectivity index (χ3n) is 5.51. The molecule has 172 valence electrons. The number of nitrogens with one attached hydrogen (secondary N) is 2. The Kier molecular flexibility index (Phi) is 8.89. The normalized spacial score (nSPS) is 19.8. The minimum absolute atomic E-state index is 0.110. The zero-order valence-corrected chi connectivity index (χ0v) is 19.3. The van der Waals surface area contributed by atoms with Gasteiger partial charge in [-0.05, 0) is 64.9 Å². The van der Waals surface area contributed by atoms with Gasteiger partial charge in [0.1, 0.15) is 11.6 Å². The number of benzene rings is 1. The topological polar surface area (TPSA) is 93.7 Å². The third kappa shape index (κ3) is 8.59. The van der Waals surface area contributed by atoms with Gasteiger partial charge in [0.05, 0.1) is 7.11 Å². The lowest BCUT2D eigenvalue weighted by molar-refractivity contribution is -0.145. The quantitative estimate of drug-likeness (QED) is 0.643. The number of hydrogen-bond acceptors (Lipinski definition) is 5. The van der Waals surface area contributed by atoms with Gasteiger partial charge in [-0.25, -0.2) is 9.59 Å². The molecule has 31 heavy (non-hydrogen) atoms. The summed E-state index contributed by atoms with van der Waals surface area (Å²) >= 11 is 0. The summed E-state index contributed by atoms with van der Waals surface area (Å²) in [5.41, 5.74) is 1.59. The van der Waals surface area contributed by atoms with Crippen molar-refractivity contribution in [1.29, 1.82) is 0 Å². The molecule has 0 bridgehead atoms. The minimum Gasteiger partial charge on any atom is -0.467 e. The Labute approximate surface area is 185 Å². The third-order valence-corrected chi connectivity index (χ3v) is 5.51. The molecule has 1 aliphatic rings. The lowest BCUT2D eigenvalue weighted by Crippen LogP contribution is -2.46. The zero-order chi connectivity index (χ0) is 23.0. The number of methoxy groups -OCH3 is 1. The van der Waals surface area contributed by atoms with Crippen LogP contribution in [0.4, 0.5) is 4.79 Å². The highest BCUT2D eigenvalue weighted by molar-refractivity contribution is 5.86. The fourth-order valence-corrected chi connectivity index (χ4v) is 3.76. The Balaban J connectivity index is 1.82. The van der Waals surface area contributed by atoms with Gasteiger partial charge < -0.3 is 20.1 Å². The van der Waals surface area contributed by atoms with Crippen LogP contribution in [0.3, 0.4) is 0 Å². The molecule has 1 atom stereocenters. The van der Waals surface area contributed by atoms with Gasteiger partial charge >= 0.3 is 12.1 Å². The Hall–Kier alpha value is -2.57. The molecule has 2 N–H and O–H groups in total. The van der Waals surface area contributed by atoms with Gasteiger partial charge in [0.15, 0.2) is 0 Å². The summed E-state index contributed by atoms with van der Waals surface area (Å²) in [6.07, 6.45) is 3.12. The van der Waals surface area contributed by atoms with Crippen molar-refractivity contribution >= 4 is 18.0 Å².